The first-order valence-electron chi connectivity index (χ1n) is 6.20. The molecule has 0 aliphatic carbocycles. The maximum absolute atomic E-state index is 4.44. The van der Waals surface area contributed by atoms with Crippen molar-refractivity contribution in [2.24, 2.45) is 0 Å². The van der Waals surface area contributed by atoms with Gasteiger partial charge in [-0.05, 0) is 48.7 Å². The number of hydrogen-bond acceptors (Lipinski definition) is 2. The van der Waals surface area contributed by atoms with Crippen LogP contribution in [-0.2, 0) is 12.1 Å². The zero-order valence-corrected chi connectivity index (χ0v) is 11.7. The standard InChI is InChI=1S/C12H20BrN3/c1-3-6-12(7-5-8-14-12)11-10(13)9-15-16(11)4-2/h9,14H,3-8H2,1-2H3. The number of aromatic nitrogens is 2. The molecule has 1 N–H and O–H groups in total. The van der Waals surface area contributed by atoms with Crippen LogP contribution in [0.4, 0.5) is 0 Å². The molecule has 0 bridgehead atoms. The highest BCUT2D eigenvalue weighted by atomic mass is 79.9. The SMILES string of the molecule is CCCC1(c2c(Br)cnn2CC)CCCN1. The van der Waals surface area contributed by atoms with E-state index in [1.165, 1.54) is 31.4 Å². The minimum atomic E-state index is 0.153. The number of nitrogens with one attached hydrogen (secondary N) is 1. The van der Waals surface area contributed by atoms with Gasteiger partial charge in [-0.2, -0.15) is 5.10 Å². The average Bonchev–Trinajstić information content (AvgIpc) is 2.86. The van der Waals surface area contributed by atoms with Crippen molar-refractivity contribution >= 4 is 15.9 Å². The van der Waals surface area contributed by atoms with Crippen LogP contribution in [0.3, 0.4) is 0 Å². The molecule has 1 aromatic rings. The minimum Gasteiger partial charge on any atom is -0.306 e. The highest BCUT2D eigenvalue weighted by Crippen LogP contribution is 2.38. The van der Waals surface area contributed by atoms with Gasteiger partial charge in [-0.3, -0.25) is 4.68 Å². The Kier molecular flexibility index (Phi) is 3.70. The summed E-state index contributed by atoms with van der Waals surface area (Å²) in [6, 6.07) is 0. The molecular weight excluding hydrogens is 266 g/mol. The smallest absolute Gasteiger partial charge is 0.0726 e. The number of hydrogen-bond donors (Lipinski definition) is 1. The summed E-state index contributed by atoms with van der Waals surface area (Å²) in [6.45, 7) is 6.47. The largest absolute Gasteiger partial charge is 0.306 e. The predicted molar refractivity (Wildman–Crippen MR) is 69.4 cm³/mol. The molecule has 1 aromatic heterocycles. The van der Waals surface area contributed by atoms with Gasteiger partial charge in [0, 0.05) is 6.54 Å². The van der Waals surface area contributed by atoms with Gasteiger partial charge >= 0.3 is 0 Å². The molecule has 1 aliphatic rings. The molecule has 1 atom stereocenters. The molecule has 0 spiro atoms. The molecule has 2 rings (SSSR count). The van der Waals surface area contributed by atoms with Crippen LogP contribution in [0.2, 0.25) is 0 Å². The van der Waals surface area contributed by atoms with E-state index in [0.717, 1.165) is 17.6 Å². The number of rotatable bonds is 4. The molecule has 1 saturated heterocycles. The highest BCUT2D eigenvalue weighted by Gasteiger charge is 2.38. The molecule has 1 unspecified atom stereocenters. The monoisotopic (exact) mass is 285 g/mol. The topological polar surface area (TPSA) is 29.9 Å². The number of nitrogens with zero attached hydrogens (tertiary/aromatic N) is 2. The molecule has 0 amide bonds. The van der Waals surface area contributed by atoms with Gasteiger partial charge < -0.3 is 5.32 Å². The highest BCUT2D eigenvalue weighted by molar-refractivity contribution is 9.10. The van der Waals surface area contributed by atoms with Gasteiger partial charge in [0.1, 0.15) is 0 Å². The van der Waals surface area contributed by atoms with Crippen LogP contribution >= 0.6 is 15.9 Å². The maximum atomic E-state index is 4.44. The Morgan fingerprint density at radius 2 is 2.38 bits per heavy atom. The van der Waals surface area contributed by atoms with Gasteiger partial charge in [-0.15, -0.1) is 0 Å². The normalized spacial score (nSPS) is 25.2. The van der Waals surface area contributed by atoms with E-state index in [1.54, 1.807) is 0 Å². The van der Waals surface area contributed by atoms with E-state index < -0.39 is 0 Å². The molecular formula is C12H20BrN3. The molecule has 16 heavy (non-hydrogen) atoms. The van der Waals surface area contributed by atoms with Crippen LogP contribution in [-0.4, -0.2) is 16.3 Å². The second-order valence-corrected chi connectivity index (χ2v) is 5.37. The third kappa shape index (κ3) is 1.93. The number of aryl methyl sites for hydroxylation is 1. The van der Waals surface area contributed by atoms with E-state index in [-0.39, 0.29) is 5.54 Å². The lowest BCUT2D eigenvalue weighted by Crippen LogP contribution is -2.39. The predicted octanol–water partition coefficient (Wildman–Crippen LogP) is 3.04. The summed E-state index contributed by atoms with van der Waals surface area (Å²) in [4.78, 5) is 0. The van der Waals surface area contributed by atoms with Crippen molar-refractivity contribution in [3.63, 3.8) is 0 Å². The molecule has 0 saturated carbocycles. The first kappa shape index (κ1) is 12.1. The fourth-order valence-corrected chi connectivity index (χ4v) is 3.52. The molecule has 4 heteroatoms. The van der Waals surface area contributed by atoms with Crippen molar-refractivity contribution in [3.05, 3.63) is 16.4 Å². The van der Waals surface area contributed by atoms with Crippen molar-refractivity contribution in [1.82, 2.24) is 15.1 Å². The van der Waals surface area contributed by atoms with E-state index in [4.69, 9.17) is 0 Å². The lowest BCUT2D eigenvalue weighted by molar-refractivity contribution is 0.324. The van der Waals surface area contributed by atoms with E-state index >= 15 is 0 Å². The van der Waals surface area contributed by atoms with Crippen molar-refractivity contribution in [1.29, 1.82) is 0 Å². The summed E-state index contributed by atoms with van der Waals surface area (Å²) in [5, 5.41) is 8.13. The summed E-state index contributed by atoms with van der Waals surface area (Å²) in [5.74, 6) is 0. The summed E-state index contributed by atoms with van der Waals surface area (Å²) >= 11 is 3.65. The molecule has 0 aromatic carbocycles. The lowest BCUT2D eigenvalue weighted by atomic mass is 9.88. The molecule has 3 nitrogen and oxygen atoms in total. The van der Waals surface area contributed by atoms with Gasteiger partial charge in [0.15, 0.2) is 0 Å². The van der Waals surface area contributed by atoms with E-state index in [2.05, 4.69) is 44.9 Å². The summed E-state index contributed by atoms with van der Waals surface area (Å²) < 4.78 is 3.27. The van der Waals surface area contributed by atoms with Crippen LogP contribution < -0.4 is 5.32 Å². The van der Waals surface area contributed by atoms with Gasteiger partial charge in [-0.25, -0.2) is 0 Å². The zero-order valence-electron chi connectivity index (χ0n) is 10.1. The van der Waals surface area contributed by atoms with Crippen LogP contribution in [0.5, 0.6) is 0 Å². The third-order valence-electron chi connectivity index (χ3n) is 3.47. The Labute approximate surface area is 106 Å². The quantitative estimate of drug-likeness (QED) is 0.922. The van der Waals surface area contributed by atoms with Crippen LogP contribution in [0, 0.1) is 0 Å². The number of halogens is 1. The van der Waals surface area contributed by atoms with E-state index in [0.29, 0.717) is 0 Å². The van der Waals surface area contributed by atoms with Gasteiger partial charge in [0.25, 0.3) is 0 Å². The fourth-order valence-electron chi connectivity index (χ4n) is 2.84. The van der Waals surface area contributed by atoms with Gasteiger partial charge in [0.2, 0.25) is 0 Å². The molecule has 90 valence electrons. The molecule has 2 heterocycles. The third-order valence-corrected chi connectivity index (χ3v) is 4.05. The van der Waals surface area contributed by atoms with Gasteiger partial charge in [0.05, 0.1) is 21.9 Å². The first-order valence-corrected chi connectivity index (χ1v) is 6.99. The summed E-state index contributed by atoms with van der Waals surface area (Å²) in [7, 11) is 0. The molecule has 1 aliphatic heterocycles. The molecule has 0 radical (unpaired) electrons. The van der Waals surface area contributed by atoms with E-state index in [9.17, 15) is 0 Å². The lowest BCUT2D eigenvalue weighted by Gasteiger charge is -2.30. The van der Waals surface area contributed by atoms with Crippen molar-refractivity contribution < 1.29 is 0 Å². The van der Waals surface area contributed by atoms with Crippen LogP contribution in [0.15, 0.2) is 10.7 Å². The Balaban J connectivity index is 2.41. The first-order chi connectivity index (χ1) is 7.73. The summed E-state index contributed by atoms with van der Waals surface area (Å²) in [6.07, 6.45) is 6.81. The van der Waals surface area contributed by atoms with Crippen LogP contribution in [0.25, 0.3) is 0 Å². The Morgan fingerprint density at radius 1 is 1.56 bits per heavy atom. The Hall–Kier alpha value is -0.350. The average molecular weight is 286 g/mol. The van der Waals surface area contributed by atoms with Gasteiger partial charge in [-0.1, -0.05) is 13.3 Å². The zero-order chi connectivity index (χ0) is 11.6. The minimum absolute atomic E-state index is 0.153. The maximum Gasteiger partial charge on any atom is 0.0726 e. The Bertz CT molecular complexity index is 353. The van der Waals surface area contributed by atoms with Crippen molar-refractivity contribution in [3.8, 4) is 0 Å². The fraction of sp³-hybridized carbons (Fsp3) is 0.750. The van der Waals surface area contributed by atoms with Crippen molar-refractivity contribution in [2.45, 2.75) is 51.6 Å². The second-order valence-electron chi connectivity index (χ2n) is 4.52. The van der Waals surface area contributed by atoms with Crippen LogP contribution in [0.1, 0.15) is 45.2 Å². The second kappa shape index (κ2) is 4.88. The van der Waals surface area contributed by atoms with Crippen molar-refractivity contribution in [2.75, 3.05) is 6.54 Å². The van der Waals surface area contributed by atoms with E-state index in [1.807, 2.05) is 6.20 Å². The Morgan fingerprint density at radius 3 is 2.94 bits per heavy atom. The summed E-state index contributed by atoms with van der Waals surface area (Å²) in [5.41, 5.74) is 1.49. The molecule has 1 fully saturated rings.